The molecule has 4 nitrogen and oxygen atoms in total. The lowest BCUT2D eigenvalue weighted by Crippen LogP contribution is -2.11. The summed E-state index contributed by atoms with van der Waals surface area (Å²) in [7, 11) is 0. The number of nitrogens with zero attached hydrogens (tertiary/aromatic N) is 2. The van der Waals surface area contributed by atoms with E-state index in [1.165, 1.54) is 6.07 Å². The molecular formula is C13H12F2N2O2. The zero-order valence-corrected chi connectivity index (χ0v) is 10.0. The molecule has 100 valence electrons. The SMILES string of the molecule is OC1CCCC1c1nc(-c2ccc(F)c(F)c2)no1. The van der Waals surface area contributed by atoms with Crippen molar-refractivity contribution in [3.05, 3.63) is 35.7 Å². The second kappa shape index (κ2) is 4.70. The van der Waals surface area contributed by atoms with E-state index >= 15 is 0 Å². The van der Waals surface area contributed by atoms with Crippen LogP contribution in [0.1, 0.15) is 31.1 Å². The van der Waals surface area contributed by atoms with Crippen LogP contribution in [0.3, 0.4) is 0 Å². The summed E-state index contributed by atoms with van der Waals surface area (Å²) in [6.07, 6.45) is 1.95. The Balaban J connectivity index is 1.90. The van der Waals surface area contributed by atoms with Crippen molar-refractivity contribution in [3.63, 3.8) is 0 Å². The van der Waals surface area contributed by atoms with Gasteiger partial charge in [-0.25, -0.2) is 8.78 Å². The molecule has 1 aromatic carbocycles. The van der Waals surface area contributed by atoms with Crippen LogP contribution >= 0.6 is 0 Å². The minimum atomic E-state index is -0.954. The molecule has 3 rings (SSSR count). The Labute approximate surface area is 108 Å². The molecule has 6 heteroatoms. The van der Waals surface area contributed by atoms with Gasteiger partial charge in [-0.05, 0) is 37.5 Å². The summed E-state index contributed by atoms with van der Waals surface area (Å²) in [4.78, 5) is 4.16. The molecule has 0 spiro atoms. The van der Waals surface area contributed by atoms with E-state index in [1.54, 1.807) is 0 Å². The first kappa shape index (κ1) is 12.2. The lowest BCUT2D eigenvalue weighted by Gasteiger charge is -2.07. The van der Waals surface area contributed by atoms with Crippen LogP contribution < -0.4 is 0 Å². The van der Waals surface area contributed by atoms with Crippen LogP contribution in [-0.2, 0) is 0 Å². The van der Waals surface area contributed by atoms with Crippen molar-refractivity contribution in [1.82, 2.24) is 10.1 Å². The van der Waals surface area contributed by atoms with Crippen LogP contribution in [0.4, 0.5) is 8.78 Å². The number of benzene rings is 1. The van der Waals surface area contributed by atoms with Gasteiger partial charge in [-0.3, -0.25) is 0 Å². The maximum absolute atomic E-state index is 13.1. The number of rotatable bonds is 2. The monoisotopic (exact) mass is 266 g/mol. The summed E-state index contributed by atoms with van der Waals surface area (Å²) in [6.45, 7) is 0. The quantitative estimate of drug-likeness (QED) is 0.907. The molecule has 2 unspecified atom stereocenters. The zero-order chi connectivity index (χ0) is 13.4. The molecule has 2 atom stereocenters. The van der Waals surface area contributed by atoms with Crippen LogP contribution in [0.15, 0.2) is 22.7 Å². The van der Waals surface area contributed by atoms with E-state index < -0.39 is 17.7 Å². The molecule has 1 aliphatic carbocycles. The zero-order valence-electron chi connectivity index (χ0n) is 10.0. The lowest BCUT2D eigenvalue weighted by molar-refractivity contribution is 0.148. The van der Waals surface area contributed by atoms with Gasteiger partial charge in [0.05, 0.1) is 12.0 Å². The summed E-state index contributed by atoms with van der Waals surface area (Å²) >= 11 is 0. The summed E-state index contributed by atoms with van der Waals surface area (Å²) in [5.41, 5.74) is 0.349. The number of aliphatic hydroxyl groups is 1. The Hall–Kier alpha value is -1.82. The van der Waals surface area contributed by atoms with Crippen molar-refractivity contribution in [1.29, 1.82) is 0 Å². The molecule has 19 heavy (non-hydrogen) atoms. The van der Waals surface area contributed by atoms with Gasteiger partial charge in [0.2, 0.25) is 11.7 Å². The predicted molar refractivity (Wildman–Crippen MR) is 62.2 cm³/mol. The standard InChI is InChI=1S/C13H12F2N2O2/c14-9-5-4-7(6-10(9)15)12-16-13(19-17-12)8-2-1-3-11(8)18/h4-6,8,11,18H,1-3H2. The average Bonchev–Trinajstić information content (AvgIpc) is 3.01. The molecule has 2 aromatic rings. The molecular weight excluding hydrogens is 254 g/mol. The minimum absolute atomic E-state index is 0.161. The molecule has 1 N–H and O–H groups in total. The van der Waals surface area contributed by atoms with E-state index in [2.05, 4.69) is 10.1 Å². The van der Waals surface area contributed by atoms with Crippen LogP contribution in [0.25, 0.3) is 11.4 Å². The number of hydrogen-bond donors (Lipinski definition) is 1. The average molecular weight is 266 g/mol. The Bertz CT molecular complexity index is 600. The van der Waals surface area contributed by atoms with E-state index in [0.717, 1.165) is 25.0 Å². The fourth-order valence-corrected chi connectivity index (χ4v) is 2.37. The van der Waals surface area contributed by atoms with Crippen LogP contribution in [0.2, 0.25) is 0 Å². The Morgan fingerprint density at radius 2 is 2.05 bits per heavy atom. The Morgan fingerprint density at radius 1 is 1.21 bits per heavy atom. The van der Waals surface area contributed by atoms with Gasteiger partial charge in [0.15, 0.2) is 11.6 Å². The molecule has 0 amide bonds. The summed E-state index contributed by atoms with van der Waals surface area (Å²) in [5, 5.41) is 13.5. The van der Waals surface area contributed by atoms with E-state index in [-0.39, 0.29) is 11.7 Å². The molecule has 0 aliphatic heterocycles. The predicted octanol–water partition coefficient (Wildman–Crippen LogP) is 2.64. The number of aliphatic hydroxyl groups excluding tert-OH is 1. The molecule has 1 heterocycles. The first-order chi connectivity index (χ1) is 9.15. The summed E-state index contributed by atoms with van der Waals surface area (Å²) in [5.74, 6) is -1.48. The first-order valence-corrected chi connectivity index (χ1v) is 6.12. The van der Waals surface area contributed by atoms with E-state index in [1.807, 2.05) is 0 Å². The van der Waals surface area contributed by atoms with Gasteiger partial charge in [-0.2, -0.15) is 4.98 Å². The van der Waals surface area contributed by atoms with Crippen LogP contribution in [0.5, 0.6) is 0 Å². The fourth-order valence-electron chi connectivity index (χ4n) is 2.37. The maximum Gasteiger partial charge on any atom is 0.232 e. The number of aromatic nitrogens is 2. The van der Waals surface area contributed by atoms with Crippen molar-refractivity contribution in [2.45, 2.75) is 31.3 Å². The molecule has 0 saturated heterocycles. The van der Waals surface area contributed by atoms with Crippen LogP contribution in [-0.4, -0.2) is 21.4 Å². The fraction of sp³-hybridized carbons (Fsp3) is 0.385. The first-order valence-electron chi connectivity index (χ1n) is 6.12. The van der Waals surface area contributed by atoms with Gasteiger partial charge < -0.3 is 9.63 Å². The third-order valence-electron chi connectivity index (χ3n) is 3.42. The lowest BCUT2D eigenvalue weighted by atomic mass is 10.1. The summed E-state index contributed by atoms with van der Waals surface area (Å²) in [6, 6.07) is 3.43. The maximum atomic E-state index is 13.1. The van der Waals surface area contributed by atoms with Crippen molar-refractivity contribution >= 4 is 0 Å². The Kier molecular flexibility index (Phi) is 3.02. The second-order valence-corrected chi connectivity index (χ2v) is 4.69. The van der Waals surface area contributed by atoms with Crippen molar-refractivity contribution < 1.29 is 18.4 Å². The minimum Gasteiger partial charge on any atom is -0.392 e. The number of hydrogen-bond acceptors (Lipinski definition) is 4. The highest BCUT2D eigenvalue weighted by Crippen LogP contribution is 2.34. The van der Waals surface area contributed by atoms with Gasteiger partial charge in [0, 0.05) is 5.56 Å². The topological polar surface area (TPSA) is 59.2 Å². The van der Waals surface area contributed by atoms with Crippen molar-refractivity contribution in [3.8, 4) is 11.4 Å². The van der Waals surface area contributed by atoms with Crippen LogP contribution in [0, 0.1) is 11.6 Å². The van der Waals surface area contributed by atoms with Gasteiger partial charge in [-0.1, -0.05) is 5.16 Å². The van der Waals surface area contributed by atoms with Gasteiger partial charge >= 0.3 is 0 Å². The third-order valence-corrected chi connectivity index (χ3v) is 3.42. The van der Waals surface area contributed by atoms with E-state index in [0.29, 0.717) is 17.9 Å². The second-order valence-electron chi connectivity index (χ2n) is 4.69. The molecule has 0 radical (unpaired) electrons. The Morgan fingerprint density at radius 3 is 2.74 bits per heavy atom. The van der Waals surface area contributed by atoms with Gasteiger partial charge in [0.1, 0.15) is 0 Å². The van der Waals surface area contributed by atoms with Crippen molar-refractivity contribution in [2.75, 3.05) is 0 Å². The molecule has 1 saturated carbocycles. The summed E-state index contributed by atoms with van der Waals surface area (Å²) < 4.78 is 31.1. The van der Waals surface area contributed by atoms with E-state index in [4.69, 9.17) is 4.52 Å². The highest BCUT2D eigenvalue weighted by molar-refractivity contribution is 5.54. The molecule has 1 aromatic heterocycles. The highest BCUT2D eigenvalue weighted by Gasteiger charge is 2.31. The van der Waals surface area contributed by atoms with Gasteiger partial charge in [-0.15, -0.1) is 0 Å². The number of halogens is 2. The van der Waals surface area contributed by atoms with Crippen molar-refractivity contribution in [2.24, 2.45) is 0 Å². The third kappa shape index (κ3) is 2.23. The smallest absolute Gasteiger partial charge is 0.232 e. The normalized spacial score (nSPS) is 22.9. The van der Waals surface area contributed by atoms with Gasteiger partial charge in [0.25, 0.3) is 0 Å². The van der Waals surface area contributed by atoms with E-state index in [9.17, 15) is 13.9 Å². The molecule has 1 fully saturated rings. The molecule has 0 bridgehead atoms. The molecule has 1 aliphatic rings. The largest absolute Gasteiger partial charge is 0.392 e. The highest BCUT2D eigenvalue weighted by atomic mass is 19.2.